The molecule has 14 heavy (non-hydrogen) atoms. The average Bonchev–Trinajstić information content (AvgIpc) is 2.15. The number of allylic oxidation sites excluding steroid dienone is 1. The minimum Gasteiger partial charge on any atom is -0.490 e. The fraction of sp³-hybridized carbons (Fsp3) is 0.500. The van der Waals surface area contributed by atoms with Crippen LogP contribution in [0, 0.1) is 0 Å². The zero-order chi connectivity index (χ0) is 10.6. The van der Waals surface area contributed by atoms with Crippen molar-refractivity contribution in [2.45, 2.75) is 25.9 Å². The van der Waals surface area contributed by atoms with Crippen LogP contribution in [0.4, 0.5) is 0 Å². The fourth-order valence-corrected chi connectivity index (χ4v) is 1.44. The molecular formula is C10H13IO3. The summed E-state index contributed by atoms with van der Waals surface area (Å²) in [4.78, 5) is 11.2. The highest BCUT2D eigenvalue weighted by atomic mass is 127. The van der Waals surface area contributed by atoms with Crippen LogP contribution in [0.1, 0.15) is 19.8 Å². The van der Waals surface area contributed by atoms with Crippen LogP contribution < -0.4 is 0 Å². The van der Waals surface area contributed by atoms with Crippen LogP contribution in [-0.2, 0) is 14.3 Å². The lowest BCUT2D eigenvalue weighted by molar-refractivity contribution is -0.149. The zero-order valence-corrected chi connectivity index (χ0v) is 10.4. The molecule has 0 N–H and O–H groups in total. The monoisotopic (exact) mass is 308 g/mol. The summed E-state index contributed by atoms with van der Waals surface area (Å²) in [5, 5.41) is 0. The second-order valence-corrected chi connectivity index (χ2v) is 4.76. The maximum Gasteiger partial charge on any atom is 0.373 e. The summed E-state index contributed by atoms with van der Waals surface area (Å²) in [5.41, 5.74) is 0. The summed E-state index contributed by atoms with van der Waals surface area (Å²) in [7, 11) is 1.47. The number of cyclic esters (lactones) is 1. The molecule has 0 aromatic carbocycles. The van der Waals surface area contributed by atoms with Gasteiger partial charge in [0.2, 0.25) is 0 Å². The number of methoxy groups -OCH3 is 1. The van der Waals surface area contributed by atoms with Gasteiger partial charge in [-0.2, -0.15) is 0 Å². The van der Waals surface area contributed by atoms with E-state index in [0.717, 1.165) is 12.8 Å². The quantitative estimate of drug-likeness (QED) is 0.594. The summed E-state index contributed by atoms with van der Waals surface area (Å²) in [6.07, 6.45) is 5.31. The summed E-state index contributed by atoms with van der Waals surface area (Å²) in [5.74, 6) is -0.0420. The van der Waals surface area contributed by atoms with E-state index in [0.29, 0.717) is 5.76 Å². The van der Waals surface area contributed by atoms with Gasteiger partial charge in [-0.1, -0.05) is 6.08 Å². The Labute approximate surface area is 97.3 Å². The first-order valence-electron chi connectivity index (χ1n) is 4.41. The van der Waals surface area contributed by atoms with Crippen LogP contribution in [0.3, 0.4) is 0 Å². The molecule has 1 atom stereocenters. The van der Waals surface area contributed by atoms with Crippen molar-refractivity contribution >= 4 is 28.6 Å². The molecule has 4 heteroatoms. The predicted molar refractivity (Wildman–Crippen MR) is 62.0 cm³/mol. The second-order valence-electron chi connectivity index (χ2n) is 3.06. The highest BCUT2D eigenvalue weighted by molar-refractivity contribution is 14.1. The molecule has 78 valence electrons. The highest BCUT2D eigenvalue weighted by Gasteiger charge is 2.22. The number of carbonyl (C=O) groups excluding carboxylic acids is 1. The second kappa shape index (κ2) is 5.38. The molecule has 0 aliphatic carbocycles. The molecule has 1 heterocycles. The number of hydrogen-bond acceptors (Lipinski definition) is 3. The number of ether oxygens (including phenoxy) is 2. The van der Waals surface area contributed by atoms with Gasteiger partial charge in [0.1, 0.15) is 6.10 Å². The first-order valence-corrected chi connectivity index (χ1v) is 5.48. The highest BCUT2D eigenvalue weighted by Crippen LogP contribution is 2.18. The summed E-state index contributed by atoms with van der Waals surface area (Å²) < 4.78 is 11.2. The van der Waals surface area contributed by atoms with E-state index in [4.69, 9.17) is 9.47 Å². The molecule has 1 aliphatic rings. The van der Waals surface area contributed by atoms with Crippen molar-refractivity contribution in [3.8, 4) is 0 Å². The van der Waals surface area contributed by atoms with Crippen LogP contribution >= 0.6 is 22.6 Å². The van der Waals surface area contributed by atoms with E-state index in [1.54, 1.807) is 6.08 Å². The Morgan fingerprint density at radius 2 is 2.57 bits per heavy atom. The minimum atomic E-state index is -0.358. The fourth-order valence-electron chi connectivity index (χ4n) is 1.18. The Morgan fingerprint density at radius 3 is 3.07 bits per heavy atom. The molecule has 0 aromatic heterocycles. The van der Waals surface area contributed by atoms with E-state index in [-0.39, 0.29) is 12.1 Å². The lowest BCUT2D eigenvalue weighted by Crippen LogP contribution is -2.23. The van der Waals surface area contributed by atoms with E-state index >= 15 is 0 Å². The van der Waals surface area contributed by atoms with Gasteiger partial charge in [0.05, 0.1) is 7.11 Å². The zero-order valence-electron chi connectivity index (χ0n) is 8.25. The lowest BCUT2D eigenvalue weighted by Gasteiger charge is -2.20. The maximum atomic E-state index is 11.2. The van der Waals surface area contributed by atoms with Gasteiger partial charge in [-0.05, 0) is 39.2 Å². The van der Waals surface area contributed by atoms with Gasteiger partial charge < -0.3 is 9.47 Å². The summed E-state index contributed by atoms with van der Waals surface area (Å²) >= 11 is 2.24. The molecule has 0 saturated carbocycles. The standard InChI is InChI=1S/C10H13IO3/c1-7(11)3-4-8-5-6-9(13-2)10(12)14-8/h3,6,8H,4-5H2,1-2H3/b7-3+/t8-/m1/s1. The predicted octanol–water partition coefficient (Wildman–Crippen LogP) is 2.56. The van der Waals surface area contributed by atoms with Crippen molar-refractivity contribution in [3.05, 3.63) is 21.5 Å². The molecule has 0 spiro atoms. The normalized spacial score (nSPS) is 22.8. The van der Waals surface area contributed by atoms with E-state index in [1.807, 2.05) is 6.92 Å². The van der Waals surface area contributed by atoms with E-state index in [1.165, 1.54) is 10.7 Å². The molecule has 3 nitrogen and oxygen atoms in total. The molecule has 0 amide bonds. The SMILES string of the molecule is COC1=CC[C@@H](C/C=C(\C)I)OC1=O. The Balaban J connectivity index is 2.51. The number of rotatable bonds is 3. The third-order valence-electron chi connectivity index (χ3n) is 1.92. The van der Waals surface area contributed by atoms with Crippen molar-refractivity contribution in [2.75, 3.05) is 7.11 Å². The topological polar surface area (TPSA) is 35.5 Å². The van der Waals surface area contributed by atoms with Gasteiger partial charge >= 0.3 is 5.97 Å². The van der Waals surface area contributed by atoms with Gasteiger partial charge in [0.25, 0.3) is 0 Å². The van der Waals surface area contributed by atoms with Crippen LogP contribution in [0.5, 0.6) is 0 Å². The summed E-state index contributed by atoms with van der Waals surface area (Å²) in [6.45, 7) is 2.02. The largest absolute Gasteiger partial charge is 0.490 e. The minimum absolute atomic E-state index is 0.0360. The van der Waals surface area contributed by atoms with E-state index in [9.17, 15) is 4.79 Å². The lowest BCUT2D eigenvalue weighted by atomic mass is 10.1. The molecule has 0 bridgehead atoms. The molecule has 1 aliphatic heterocycles. The molecular weight excluding hydrogens is 295 g/mol. The van der Waals surface area contributed by atoms with Gasteiger partial charge in [-0.3, -0.25) is 0 Å². The van der Waals surface area contributed by atoms with Gasteiger partial charge in [0.15, 0.2) is 5.76 Å². The molecule has 0 radical (unpaired) electrons. The van der Waals surface area contributed by atoms with Crippen LogP contribution in [0.2, 0.25) is 0 Å². The van der Waals surface area contributed by atoms with Crippen LogP contribution in [0.15, 0.2) is 21.5 Å². The Morgan fingerprint density at radius 1 is 1.86 bits per heavy atom. The number of esters is 1. The molecule has 0 aromatic rings. The van der Waals surface area contributed by atoms with Crippen molar-refractivity contribution in [1.82, 2.24) is 0 Å². The Bertz CT molecular complexity index is 277. The smallest absolute Gasteiger partial charge is 0.373 e. The number of hydrogen-bond donors (Lipinski definition) is 0. The first-order chi connectivity index (χ1) is 6.63. The molecule has 1 rings (SSSR count). The Hall–Kier alpha value is -0.520. The van der Waals surface area contributed by atoms with Crippen LogP contribution in [-0.4, -0.2) is 19.2 Å². The van der Waals surface area contributed by atoms with Gasteiger partial charge in [-0.15, -0.1) is 0 Å². The van der Waals surface area contributed by atoms with Crippen LogP contribution in [0.25, 0.3) is 0 Å². The van der Waals surface area contributed by atoms with Crippen molar-refractivity contribution in [2.24, 2.45) is 0 Å². The van der Waals surface area contributed by atoms with Gasteiger partial charge in [-0.25, -0.2) is 4.79 Å². The van der Waals surface area contributed by atoms with Crippen molar-refractivity contribution in [1.29, 1.82) is 0 Å². The van der Waals surface area contributed by atoms with Crippen molar-refractivity contribution in [3.63, 3.8) is 0 Å². The molecule has 0 unspecified atom stereocenters. The average molecular weight is 308 g/mol. The first kappa shape index (κ1) is 11.6. The number of carbonyl (C=O) groups is 1. The van der Waals surface area contributed by atoms with Crippen molar-refractivity contribution < 1.29 is 14.3 Å². The maximum absolute atomic E-state index is 11.2. The molecule has 0 fully saturated rings. The van der Waals surface area contributed by atoms with E-state index in [2.05, 4.69) is 28.7 Å². The van der Waals surface area contributed by atoms with Gasteiger partial charge in [0, 0.05) is 12.8 Å². The Kier molecular flexibility index (Phi) is 4.44. The third-order valence-corrected chi connectivity index (χ3v) is 2.36. The molecule has 0 saturated heterocycles. The third kappa shape index (κ3) is 3.32. The van der Waals surface area contributed by atoms with E-state index < -0.39 is 0 Å². The number of halogens is 1. The summed E-state index contributed by atoms with van der Waals surface area (Å²) in [6, 6.07) is 0.